The van der Waals surface area contributed by atoms with E-state index < -0.39 is 0 Å². The summed E-state index contributed by atoms with van der Waals surface area (Å²) in [5, 5.41) is 0. The van der Waals surface area contributed by atoms with Crippen LogP contribution in [0.15, 0.2) is 67.3 Å². The molecule has 132 valence electrons. The fourth-order valence-electron chi connectivity index (χ4n) is 2.86. The Morgan fingerprint density at radius 2 is 2.04 bits per heavy atom. The Kier molecular flexibility index (Phi) is 7.70. The van der Waals surface area contributed by atoms with Crippen molar-refractivity contribution in [3.8, 4) is 0 Å². The van der Waals surface area contributed by atoms with Gasteiger partial charge in [-0.1, -0.05) is 49.1 Å². The lowest BCUT2D eigenvalue weighted by atomic mass is 9.98. The summed E-state index contributed by atoms with van der Waals surface area (Å²) in [6, 6.07) is 9.13. The van der Waals surface area contributed by atoms with E-state index in [1.165, 1.54) is 0 Å². The van der Waals surface area contributed by atoms with Gasteiger partial charge in [0.05, 0.1) is 5.56 Å². The lowest BCUT2D eigenvalue weighted by molar-refractivity contribution is -0.135. The minimum Gasteiger partial charge on any atom is -0.458 e. The summed E-state index contributed by atoms with van der Waals surface area (Å²) in [6.07, 6.45) is 12.8. The quantitative estimate of drug-likeness (QED) is 0.410. The van der Waals surface area contributed by atoms with E-state index in [-0.39, 0.29) is 24.5 Å². The zero-order valence-electron chi connectivity index (χ0n) is 14.5. The third-order valence-electron chi connectivity index (χ3n) is 4.16. The van der Waals surface area contributed by atoms with Crippen LogP contribution in [0.25, 0.3) is 0 Å². The molecule has 1 unspecified atom stereocenters. The maximum absolute atomic E-state index is 12.2. The fourth-order valence-corrected chi connectivity index (χ4v) is 2.86. The SMILES string of the molecule is C=C/C=C/CC1CCCC(=O)N1C/C=C/COC(=O)c1ccccc1. The van der Waals surface area contributed by atoms with Crippen LogP contribution >= 0.6 is 0 Å². The van der Waals surface area contributed by atoms with E-state index in [0.29, 0.717) is 18.5 Å². The van der Waals surface area contributed by atoms with Gasteiger partial charge in [-0.25, -0.2) is 4.79 Å². The number of allylic oxidation sites excluding steroid dienone is 2. The van der Waals surface area contributed by atoms with Crippen molar-refractivity contribution in [1.29, 1.82) is 0 Å². The predicted molar refractivity (Wildman–Crippen MR) is 99.2 cm³/mol. The maximum Gasteiger partial charge on any atom is 0.338 e. The molecule has 0 bridgehead atoms. The van der Waals surface area contributed by atoms with Crippen molar-refractivity contribution < 1.29 is 14.3 Å². The Morgan fingerprint density at radius 1 is 1.24 bits per heavy atom. The van der Waals surface area contributed by atoms with Crippen molar-refractivity contribution in [2.75, 3.05) is 13.2 Å². The van der Waals surface area contributed by atoms with Gasteiger partial charge < -0.3 is 9.64 Å². The van der Waals surface area contributed by atoms with Crippen LogP contribution in [-0.2, 0) is 9.53 Å². The van der Waals surface area contributed by atoms with E-state index in [2.05, 4.69) is 12.7 Å². The second kappa shape index (κ2) is 10.3. The summed E-state index contributed by atoms with van der Waals surface area (Å²) in [7, 11) is 0. The first kappa shape index (κ1) is 18.7. The first-order valence-electron chi connectivity index (χ1n) is 8.66. The molecule has 1 amide bonds. The van der Waals surface area contributed by atoms with E-state index in [1.807, 2.05) is 23.1 Å². The molecule has 1 aromatic carbocycles. The third-order valence-corrected chi connectivity index (χ3v) is 4.16. The summed E-state index contributed by atoms with van der Waals surface area (Å²) in [4.78, 5) is 25.9. The molecule has 0 spiro atoms. The van der Waals surface area contributed by atoms with Gasteiger partial charge in [0.2, 0.25) is 5.91 Å². The Bertz CT molecular complexity index is 634. The normalized spacial score (nSPS) is 18.0. The molecular weight excluding hydrogens is 314 g/mol. The van der Waals surface area contributed by atoms with Crippen molar-refractivity contribution in [2.45, 2.75) is 31.7 Å². The molecule has 1 atom stereocenters. The number of benzene rings is 1. The average molecular weight is 339 g/mol. The second-order valence-corrected chi connectivity index (χ2v) is 5.93. The highest BCUT2D eigenvalue weighted by Gasteiger charge is 2.25. The second-order valence-electron chi connectivity index (χ2n) is 5.93. The van der Waals surface area contributed by atoms with Crippen LogP contribution in [0.4, 0.5) is 0 Å². The zero-order valence-corrected chi connectivity index (χ0v) is 14.5. The summed E-state index contributed by atoms with van der Waals surface area (Å²) in [5.74, 6) is -0.152. The molecule has 25 heavy (non-hydrogen) atoms. The van der Waals surface area contributed by atoms with E-state index in [1.54, 1.807) is 36.4 Å². The zero-order chi connectivity index (χ0) is 17.9. The van der Waals surface area contributed by atoms with Crippen molar-refractivity contribution in [3.05, 3.63) is 72.9 Å². The number of esters is 1. The number of nitrogens with zero attached hydrogens (tertiary/aromatic N) is 1. The first-order chi connectivity index (χ1) is 12.2. The number of ether oxygens (including phenoxy) is 1. The summed E-state index contributed by atoms with van der Waals surface area (Å²) in [6.45, 7) is 4.42. The number of carbonyl (C=O) groups excluding carboxylic acids is 2. The molecule has 1 aliphatic heterocycles. The van der Waals surface area contributed by atoms with Gasteiger partial charge in [0.15, 0.2) is 0 Å². The number of carbonyl (C=O) groups is 2. The molecular formula is C21H25NO3. The Morgan fingerprint density at radius 3 is 2.80 bits per heavy atom. The molecule has 1 heterocycles. The van der Waals surface area contributed by atoms with Gasteiger partial charge in [-0.05, 0) is 37.5 Å². The maximum atomic E-state index is 12.2. The molecule has 4 heteroatoms. The number of rotatable bonds is 8. The van der Waals surface area contributed by atoms with Gasteiger partial charge in [-0.15, -0.1) is 0 Å². The molecule has 0 radical (unpaired) electrons. The Balaban J connectivity index is 1.79. The fraction of sp³-hybridized carbons (Fsp3) is 0.333. The predicted octanol–water partition coefficient (Wildman–Crippen LogP) is 3.91. The van der Waals surface area contributed by atoms with Crippen LogP contribution in [0.3, 0.4) is 0 Å². The van der Waals surface area contributed by atoms with Crippen molar-refractivity contribution in [3.63, 3.8) is 0 Å². The average Bonchev–Trinajstić information content (AvgIpc) is 2.64. The van der Waals surface area contributed by atoms with E-state index in [0.717, 1.165) is 19.3 Å². The van der Waals surface area contributed by atoms with Crippen LogP contribution in [0.5, 0.6) is 0 Å². The monoisotopic (exact) mass is 339 g/mol. The summed E-state index contributed by atoms with van der Waals surface area (Å²) in [5.41, 5.74) is 0.538. The van der Waals surface area contributed by atoms with Gasteiger partial charge in [0.25, 0.3) is 0 Å². The third kappa shape index (κ3) is 6.07. The number of hydrogen-bond acceptors (Lipinski definition) is 3. The van der Waals surface area contributed by atoms with Gasteiger partial charge in [0, 0.05) is 19.0 Å². The molecule has 0 N–H and O–H groups in total. The number of likely N-dealkylation sites (tertiary alicyclic amines) is 1. The summed E-state index contributed by atoms with van der Waals surface area (Å²) < 4.78 is 5.20. The van der Waals surface area contributed by atoms with Crippen molar-refractivity contribution in [1.82, 2.24) is 4.90 Å². The summed E-state index contributed by atoms with van der Waals surface area (Å²) >= 11 is 0. The Labute approximate surface area is 149 Å². The lowest BCUT2D eigenvalue weighted by Crippen LogP contribution is -2.43. The number of piperidine rings is 1. The van der Waals surface area contributed by atoms with Gasteiger partial charge >= 0.3 is 5.97 Å². The molecule has 0 aromatic heterocycles. The van der Waals surface area contributed by atoms with Gasteiger partial charge in [-0.3, -0.25) is 4.79 Å². The number of hydrogen-bond donors (Lipinski definition) is 0. The molecule has 1 saturated heterocycles. The van der Waals surface area contributed by atoms with E-state index in [9.17, 15) is 9.59 Å². The van der Waals surface area contributed by atoms with E-state index >= 15 is 0 Å². The van der Waals surface area contributed by atoms with Crippen LogP contribution in [0.1, 0.15) is 36.0 Å². The van der Waals surface area contributed by atoms with Crippen LogP contribution in [0.2, 0.25) is 0 Å². The lowest BCUT2D eigenvalue weighted by Gasteiger charge is -2.34. The molecule has 0 aliphatic carbocycles. The van der Waals surface area contributed by atoms with E-state index in [4.69, 9.17) is 4.74 Å². The molecule has 0 saturated carbocycles. The van der Waals surface area contributed by atoms with Gasteiger partial charge in [-0.2, -0.15) is 0 Å². The molecule has 2 rings (SSSR count). The van der Waals surface area contributed by atoms with Crippen molar-refractivity contribution >= 4 is 11.9 Å². The highest BCUT2D eigenvalue weighted by molar-refractivity contribution is 5.89. The van der Waals surface area contributed by atoms with Crippen molar-refractivity contribution in [2.24, 2.45) is 0 Å². The largest absolute Gasteiger partial charge is 0.458 e. The highest BCUT2D eigenvalue weighted by atomic mass is 16.5. The van der Waals surface area contributed by atoms with Gasteiger partial charge in [0.1, 0.15) is 6.61 Å². The number of amides is 1. The standard InChI is InChI=1S/C21H25NO3/c1-2-3-5-13-19-14-10-15-20(23)22(19)16-8-9-17-25-21(24)18-11-6-4-7-12-18/h2-9,11-12,19H,1,10,13-17H2/b5-3+,9-8+. The first-order valence-corrected chi connectivity index (χ1v) is 8.66. The minimum atomic E-state index is -0.341. The smallest absolute Gasteiger partial charge is 0.338 e. The topological polar surface area (TPSA) is 46.6 Å². The molecule has 1 aliphatic rings. The minimum absolute atomic E-state index is 0.189. The van der Waals surface area contributed by atoms with Crippen LogP contribution < -0.4 is 0 Å². The molecule has 4 nitrogen and oxygen atoms in total. The molecule has 1 aromatic rings. The van der Waals surface area contributed by atoms with Crippen LogP contribution in [-0.4, -0.2) is 36.0 Å². The molecule has 1 fully saturated rings. The highest BCUT2D eigenvalue weighted by Crippen LogP contribution is 2.21. The Hall–Kier alpha value is -2.62. The van der Waals surface area contributed by atoms with Crippen LogP contribution in [0, 0.1) is 0 Å².